The average molecular weight is 379 g/mol. The van der Waals surface area contributed by atoms with Gasteiger partial charge in [0.05, 0.1) is 4.91 Å². The summed E-state index contributed by atoms with van der Waals surface area (Å²) in [5.41, 5.74) is 2.21. The SMILES string of the molecule is O=C1N=C(N2CCN(Cc3ccccc3)CC2)S/C1=C\c1ccc(O)cc1. The van der Waals surface area contributed by atoms with Crippen molar-refractivity contribution in [3.63, 3.8) is 0 Å². The number of nitrogens with zero attached hydrogens (tertiary/aromatic N) is 3. The Balaban J connectivity index is 1.34. The van der Waals surface area contributed by atoms with E-state index in [0.29, 0.717) is 4.91 Å². The van der Waals surface area contributed by atoms with Gasteiger partial charge < -0.3 is 10.0 Å². The molecule has 6 heteroatoms. The van der Waals surface area contributed by atoms with Gasteiger partial charge in [0.25, 0.3) is 5.91 Å². The molecule has 0 aliphatic carbocycles. The van der Waals surface area contributed by atoms with Crippen LogP contribution in [0.3, 0.4) is 0 Å². The van der Waals surface area contributed by atoms with Crippen LogP contribution >= 0.6 is 11.8 Å². The van der Waals surface area contributed by atoms with Crippen LogP contribution < -0.4 is 0 Å². The zero-order chi connectivity index (χ0) is 18.6. The Morgan fingerprint density at radius 1 is 1.00 bits per heavy atom. The molecule has 2 heterocycles. The largest absolute Gasteiger partial charge is 0.508 e. The quantitative estimate of drug-likeness (QED) is 0.830. The molecule has 0 atom stereocenters. The van der Waals surface area contributed by atoms with Crippen LogP contribution in [0, 0.1) is 0 Å². The first-order valence-electron chi connectivity index (χ1n) is 9.00. The van der Waals surface area contributed by atoms with E-state index in [1.165, 1.54) is 17.3 Å². The Labute approximate surface area is 163 Å². The van der Waals surface area contributed by atoms with E-state index in [9.17, 15) is 9.90 Å². The molecule has 1 fully saturated rings. The zero-order valence-corrected chi connectivity index (χ0v) is 15.7. The maximum absolute atomic E-state index is 12.2. The number of aromatic hydroxyl groups is 1. The van der Waals surface area contributed by atoms with Crippen molar-refractivity contribution in [3.05, 3.63) is 70.6 Å². The minimum atomic E-state index is -0.185. The minimum Gasteiger partial charge on any atom is -0.508 e. The van der Waals surface area contributed by atoms with Crippen molar-refractivity contribution in [2.75, 3.05) is 26.2 Å². The number of phenols is 1. The molecule has 0 spiro atoms. The number of hydrogen-bond acceptors (Lipinski definition) is 5. The summed E-state index contributed by atoms with van der Waals surface area (Å²) in [5, 5.41) is 10.2. The van der Waals surface area contributed by atoms with Gasteiger partial charge in [-0.15, -0.1) is 0 Å². The first-order chi connectivity index (χ1) is 13.2. The highest BCUT2D eigenvalue weighted by Crippen LogP contribution is 2.31. The summed E-state index contributed by atoms with van der Waals surface area (Å²) in [4.78, 5) is 21.7. The summed E-state index contributed by atoms with van der Waals surface area (Å²) in [5.74, 6) is 0.0302. The van der Waals surface area contributed by atoms with Crippen LogP contribution in [0.2, 0.25) is 0 Å². The molecule has 0 aromatic heterocycles. The van der Waals surface area contributed by atoms with Crippen molar-refractivity contribution in [1.82, 2.24) is 9.80 Å². The number of amidine groups is 1. The van der Waals surface area contributed by atoms with Crippen molar-refractivity contribution < 1.29 is 9.90 Å². The first-order valence-corrected chi connectivity index (χ1v) is 9.82. The number of piperazine rings is 1. The highest BCUT2D eigenvalue weighted by atomic mass is 32.2. The number of rotatable bonds is 3. The third-order valence-electron chi connectivity index (χ3n) is 4.69. The molecule has 1 amide bonds. The molecule has 4 rings (SSSR count). The fourth-order valence-corrected chi connectivity index (χ4v) is 4.16. The minimum absolute atomic E-state index is 0.185. The van der Waals surface area contributed by atoms with Crippen molar-refractivity contribution in [3.8, 4) is 5.75 Å². The zero-order valence-electron chi connectivity index (χ0n) is 14.9. The Bertz CT molecular complexity index is 870. The number of amides is 1. The van der Waals surface area contributed by atoms with Gasteiger partial charge in [-0.05, 0) is 41.1 Å². The Hall–Kier alpha value is -2.57. The maximum atomic E-state index is 12.2. The van der Waals surface area contributed by atoms with Crippen LogP contribution in [-0.2, 0) is 11.3 Å². The fourth-order valence-electron chi connectivity index (χ4n) is 3.19. The maximum Gasteiger partial charge on any atom is 0.286 e. The second kappa shape index (κ2) is 7.98. The molecular formula is C21H21N3O2S. The fraction of sp³-hybridized carbons (Fsp3) is 0.238. The van der Waals surface area contributed by atoms with Crippen LogP contribution in [-0.4, -0.2) is 52.2 Å². The number of carbonyl (C=O) groups excluding carboxylic acids is 1. The molecule has 5 nitrogen and oxygen atoms in total. The van der Waals surface area contributed by atoms with Crippen LogP contribution in [0.4, 0.5) is 0 Å². The van der Waals surface area contributed by atoms with E-state index in [1.807, 2.05) is 12.1 Å². The Morgan fingerprint density at radius 2 is 1.70 bits per heavy atom. The van der Waals surface area contributed by atoms with E-state index >= 15 is 0 Å². The molecule has 2 aromatic rings. The lowest BCUT2D eigenvalue weighted by Crippen LogP contribution is -2.47. The molecular weight excluding hydrogens is 358 g/mol. The number of phenolic OH excluding ortho intramolecular Hbond substituents is 1. The number of aliphatic imine (C=N–C) groups is 1. The summed E-state index contributed by atoms with van der Waals surface area (Å²) in [6.45, 7) is 4.62. The van der Waals surface area contributed by atoms with Gasteiger partial charge in [-0.3, -0.25) is 9.69 Å². The molecule has 138 valence electrons. The third kappa shape index (κ3) is 4.40. The Morgan fingerprint density at radius 3 is 2.41 bits per heavy atom. The average Bonchev–Trinajstić information content (AvgIpc) is 3.05. The molecule has 2 aromatic carbocycles. The summed E-state index contributed by atoms with van der Waals surface area (Å²) in [7, 11) is 0. The van der Waals surface area contributed by atoms with E-state index in [0.717, 1.165) is 43.5 Å². The predicted octanol–water partition coefficient (Wildman–Crippen LogP) is 3.18. The van der Waals surface area contributed by atoms with Crippen LogP contribution in [0.25, 0.3) is 6.08 Å². The lowest BCUT2D eigenvalue weighted by atomic mass is 10.2. The molecule has 0 saturated carbocycles. The molecule has 27 heavy (non-hydrogen) atoms. The standard InChI is InChI=1S/C21H21N3O2S/c25-18-8-6-16(7-9-18)14-19-20(26)22-21(27-19)24-12-10-23(11-13-24)15-17-4-2-1-3-5-17/h1-9,14,25H,10-13,15H2/b19-14-. The van der Waals surface area contributed by atoms with Gasteiger partial charge in [-0.1, -0.05) is 42.5 Å². The molecule has 1 saturated heterocycles. The van der Waals surface area contributed by atoms with Gasteiger partial charge in [0.2, 0.25) is 0 Å². The van der Waals surface area contributed by atoms with E-state index < -0.39 is 0 Å². The first kappa shape index (κ1) is 17.8. The van der Waals surface area contributed by atoms with Crippen LogP contribution in [0.15, 0.2) is 64.5 Å². The second-order valence-electron chi connectivity index (χ2n) is 6.65. The van der Waals surface area contributed by atoms with E-state index in [1.54, 1.807) is 24.3 Å². The molecule has 0 bridgehead atoms. The van der Waals surface area contributed by atoms with Crippen molar-refractivity contribution in [2.24, 2.45) is 4.99 Å². The van der Waals surface area contributed by atoms with Gasteiger partial charge in [0, 0.05) is 32.7 Å². The Kier molecular flexibility index (Phi) is 5.27. The number of hydrogen-bond donors (Lipinski definition) is 1. The van der Waals surface area contributed by atoms with Crippen molar-refractivity contribution in [1.29, 1.82) is 0 Å². The van der Waals surface area contributed by atoms with Gasteiger partial charge in [0.1, 0.15) is 5.75 Å². The van der Waals surface area contributed by atoms with Gasteiger partial charge in [0.15, 0.2) is 5.17 Å². The summed E-state index contributed by atoms with van der Waals surface area (Å²) in [6.07, 6.45) is 1.83. The summed E-state index contributed by atoms with van der Waals surface area (Å²) in [6, 6.07) is 17.3. The van der Waals surface area contributed by atoms with Gasteiger partial charge in [-0.2, -0.15) is 4.99 Å². The lowest BCUT2D eigenvalue weighted by Gasteiger charge is -2.35. The van der Waals surface area contributed by atoms with E-state index in [2.05, 4.69) is 39.1 Å². The normalized spacial score (nSPS) is 19.6. The van der Waals surface area contributed by atoms with Gasteiger partial charge in [-0.25, -0.2) is 0 Å². The summed E-state index contributed by atoms with van der Waals surface area (Å²) >= 11 is 1.44. The van der Waals surface area contributed by atoms with E-state index in [4.69, 9.17) is 0 Å². The number of benzene rings is 2. The lowest BCUT2D eigenvalue weighted by molar-refractivity contribution is -0.113. The number of carbonyl (C=O) groups is 1. The van der Waals surface area contributed by atoms with Crippen molar-refractivity contribution >= 4 is 28.9 Å². The molecule has 0 unspecified atom stereocenters. The second-order valence-corrected chi connectivity index (χ2v) is 7.66. The predicted molar refractivity (Wildman–Crippen MR) is 109 cm³/mol. The van der Waals surface area contributed by atoms with E-state index in [-0.39, 0.29) is 11.7 Å². The van der Waals surface area contributed by atoms with Gasteiger partial charge >= 0.3 is 0 Å². The van der Waals surface area contributed by atoms with Crippen LogP contribution in [0.5, 0.6) is 5.75 Å². The third-order valence-corrected chi connectivity index (χ3v) is 5.74. The molecule has 0 radical (unpaired) electrons. The summed E-state index contributed by atoms with van der Waals surface area (Å²) < 4.78 is 0. The molecule has 2 aliphatic rings. The number of thioether (sulfide) groups is 1. The monoisotopic (exact) mass is 379 g/mol. The highest BCUT2D eigenvalue weighted by Gasteiger charge is 2.28. The smallest absolute Gasteiger partial charge is 0.286 e. The molecule has 1 N–H and O–H groups in total. The van der Waals surface area contributed by atoms with Crippen molar-refractivity contribution in [2.45, 2.75) is 6.54 Å². The highest BCUT2D eigenvalue weighted by molar-refractivity contribution is 8.18. The topological polar surface area (TPSA) is 56.1 Å². The van der Waals surface area contributed by atoms with Crippen LogP contribution in [0.1, 0.15) is 11.1 Å². The molecule has 2 aliphatic heterocycles.